The third-order valence-electron chi connectivity index (χ3n) is 11.1. The number of benzene rings is 2. The van der Waals surface area contributed by atoms with E-state index in [1.165, 1.54) is 0 Å². The normalized spacial score (nSPS) is 28.3. The van der Waals surface area contributed by atoms with Gasteiger partial charge in [0, 0.05) is 25.2 Å². The number of Topliss-reactive ketones (excluding diaryl/α,β-unsaturated/α-hetero) is 1. The molecule has 2 fully saturated rings. The average molecular weight is 761 g/mol. The summed E-state index contributed by atoms with van der Waals surface area (Å²) in [6, 6.07) is 21.0. The van der Waals surface area contributed by atoms with Crippen LogP contribution in [0.4, 0.5) is 0 Å². The van der Waals surface area contributed by atoms with Gasteiger partial charge < -0.3 is 27.8 Å². The molecule has 2 saturated heterocycles. The van der Waals surface area contributed by atoms with Crippen LogP contribution in [-0.4, -0.2) is 71.5 Å². The van der Waals surface area contributed by atoms with Crippen molar-refractivity contribution in [3.8, 4) is 11.8 Å². The van der Waals surface area contributed by atoms with E-state index in [0.29, 0.717) is 12.8 Å². The molecule has 0 aromatic heterocycles. The van der Waals surface area contributed by atoms with Crippen molar-refractivity contribution in [1.29, 1.82) is 0 Å². The number of esters is 1. The minimum Gasteiger partial charge on any atom is -0.460 e. The number of hydrogen-bond donors (Lipinski definition) is 0. The van der Waals surface area contributed by atoms with Gasteiger partial charge in [-0.25, -0.2) is 0 Å². The highest BCUT2D eigenvalue weighted by Gasteiger charge is 2.55. The molecule has 0 saturated carbocycles. The molecule has 10 heteroatoms. The van der Waals surface area contributed by atoms with E-state index in [4.69, 9.17) is 27.8 Å². The van der Waals surface area contributed by atoms with Crippen LogP contribution in [0.15, 0.2) is 72.3 Å². The van der Waals surface area contributed by atoms with Crippen molar-refractivity contribution in [2.24, 2.45) is 5.92 Å². The Balaban J connectivity index is 1.57. The van der Waals surface area contributed by atoms with Gasteiger partial charge in [0.25, 0.3) is 8.32 Å². The molecule has 53 heavy (non-hydrogen) atoms. The standard InChI is InChI=1S/C43H60O8Si2/c1-30-19-18-20-32(51-53(42(5,6)7,34-21-14-12-15-22-34)35-23-16-13-17-24-35)28-33(29-46-52(10,11)41(2,3)4)47-38(45)27-31(44)26-36-37(25-30)48-40-39(36)49-43(8,9)50-40/h12-17,21-25,32-33,36-37,39-40H,20,26-29H2,1-11H3/b30-25-/t32-,33+,36-,37-,39-,40-/m1/s1. The van der Waals surface area contributed by atoms with Crippen molar-refractivity contribution < 1.29 is 37.4 Å². The van der Waals surface area contributed by atoms with Crippen molar-refractivity contribution in [3.63, 3.8) is 0 Å². The van der Waals surface area contributed by atoms with Gasteiger partial charge in [0.05, 0.1) is 18.8 Å². The lowest BCUT2D eigenvalue weighted by molar-refractivity contribution is -0.205. The summed E-state index contributed by atoms with van der Waals surface area (Å²) < 4.78 is 39.1. The minimum atomic E-state index is -3.02. The summed E-state index contributed by atoms with van der Waals surface area (Å²) in [5.74, 6) is 4.80. The van der Waals surface area contributed by atoms with Gasteiger partial charge >= 0.3 is 5.97 Å². The van der Waals surface area contributed by atoms with Crippen LogP contribution in [-0.2, 0) is 37.4 Å². The zero-order valence-electron chi connectivity index (χ0n) is 33.6. The molecule has 0 N–H and O–H groups in total. The zero-order chi connectivity index (χ0) is 38.8. The summed E-state index contributed by atoms with van der Waals surface area (Å²) in [5.41, 5.74) is 0.816. The lowest BCUT2D eigenvalue weighted by Gasteiger charge is -2.45. The van der Waals surface area contributed by atoms with E-state index in [1.54, 1.807) is 0 Å². The van der Waals surface area contributed by atoms with Crippen LogP contribution in [0, 0.1) is 17.8 Å². The molecule has 3 heterocycles. The summed E-state index contributed by atoms with van der Waals surface area (Å²) in [4.78, 5) is 27.3. The molecule has 288 valence electrons. The molecular weight excluding hydrogens is 701 g/mol. The topological polar surface area (TPSA) is 89.5 Å². The van der Waals surface area contributed by atoms with Gasteiger partial charge in [-0.1, -0.05) is 114 Å². The van der Waals surface area contributed by atoms with Crippen LogP contribution in [0.5, 0.6) is 0 Å². The zero-order valence-corrected chi connectivity index (χ0v) is 35.6. The highest BCUT2D eigenvalue weighted by Crippen LogP contribution is 2.43. The first-order chi connectivity index (χ1) is 24.7. The van der Waals surface area contributed by atoms with Crippen molar-refractivity contribution in [2.75, 3.05) is 6.61 Å². The molecule has 3 aliphatic heterocycles. The number of allylic oxidation sites excluding steroid dienone is 1. The Labute approximate surface area is 319 Å². The van der Waals surface area contributed by atoms with Crippen LogP contribution in [0.3, 0.4) is 0 Å². The number of ether oxygens (including phenoxy) is 4. The van der Waals surface area contributed by atoms with Crippen molar-refractivity contribution in [2.45, 2.75) is 148 Å². The highest BCUT2D eigenvalue weighted by molar-refractivity contribution is 6.99. The van der Waals surface area contributed by atoms with Crippen molar-refractivity contribution in [3.05, 3.63) is 72.3 Å². The molecule has 0 bridgehead atoms. The Morgan fingerprint density at radius 3 is 2.06 bits per heavy atom. The van der Waals surface area contributed by atoms with Gasteiger partial charge in [-0.05, 0) is 66.0 Å². The van der Waals surface area contributed by atoms with Crippen LogP contribution >= 0.6 is 0 Å². The molecule has 0 radical (unpaired) electrons. The molecular formula is C43H60O8Si2. The number of rotatable bonds is 7. The molecule has 0 aliphatic carbocycles. The Bertz CT molecular complexity index is 1640. The average Bonchev–Trinajstić information content (AvgIpc) is 3.52. The van der Waals surface area contributed by atoms with E-state index < -0.39 is 59.1 Å². The fourth-order valence-electron chi connectivity index (χ4n) is 7.38. The van der Waals surface area contributed by atoms with E-state index in [0.717, 1.165) is 15.9 Å². The van der Waals surface area contributed by atoms with E-state index in [2.05, 4.69) is 115 Å². The maximum Gasteiger partial charge on any atom is 0.313 e. The molecule has 0 unspecified atom stereocenters. The predicted molar refractivity (Wildman–Crippen MR) is 213 cm³/mol. The first-order valence-corrected chi connectivity index (χ1v) is 23.8. The second-order valence-corrected chi connectivity index (χ2v) is 26.9. The second kappa shape index (κ2) is 16.1. The lowest BCUT2D eigenvalue weighted by Crippen LogP contribution is -2.67. The van der Waals surface area contributed by atoms with Gasteiger partial charge in [0.2, 0.25) is 0 Å². The van der Waals surface area contributed by atoms with Crippen LogP contribution < -0.4 is 10.4 Å². The molecule has 0 amide bonds. The monoisotopic (exact) mass is 760 g/mol. The van der Waals surface area contributed by atoms with E-state index >= 15 is 0 Å². The van der Waals surface area contributed by atoms with E-state index in [9.17, 15) is 9.59 Å². The molecule has 0 spiro atoms. The minimum absolute atomic E-state index is 0.0503. The fourth-order valence-corrected chi connectivity index (χ4v) is 13.1. The summed E-state index contributed by atoms with van der Waals surface area (Å²) in [6.07, 6.45) is -0.182. The van der Waals surface area contributed by atoms with Gasteiger partial charge in [-0.15, -0.1) is 0 Å². The van der Waals surface area contributed by atoms with Crippen LogP contribution in [0.1, 0.15) is 88.0 Å². The lowest BCUT2D eigenvalue weighted by atomic mass is 9.90. The quantitative estimate of drug-likeness (QED) is 0.125. The predicted octanol–water partition coefficient (Wildman–Crippen LogP) is 7.45. The maximum atomic E-state index is 13.7. The number of fused-ring (bicyclic) bond motifs is 3. The number of hydrogen-bond acceptors (Lipinski definition) is 8. The Morgan fingerprint density at radius 1 is 0.887 bits per heavy atom. The number of carbonyl (C=O) groups excluding carboxylic acids is 2. The molecule has 2 aromatic rings. The number of ketones is 1. The summed E-state index contributed by atoms with van der Waals surface area (Å²) >= 11 is 0. The largest absolute Gasteiger partial charge is 0.460 e. The van der Waals surface area contributed by atoms with Gasteiger partial charge in [-0.2, -0.15) is 0 Å². The summed E-state index contributed by atoms with van der Waals surface area (Å²) in [5, 5.41) is 1.97. The van der Waals surface area contributed by atoms with Crippen LogP contribution in [0.25, 0.3) is 0 Å². The van der Waals surface area contributed by atoms with Crippen molar-refractivity contribution in [1.82, 2.24) is 0 Å². The number of carbonyl (C=O) groups is 2. The fraction of sp³-hybridized carbons (Fsp3) is 0.581. The first kappa shape index (κ1) is 41.3. The van der Waals surface area contributed by atoms with Gasteiger partial charge in [0.15, 0.2) is 20.4 Å². The van der Waals surface area contributed by atoms with Gasteiger partial charge in [-0.3, -0.25) is 9.59 Å². The maximum absolute atomic E-state index is 13.7. The Kier molecular flexibility index (Phi) is 12.5. The SMILES string of the molecule is C/C1=C/[C@H]2O[C@@H]3OC(C)(C)O[C@@H]3[C@@H]2CC(=O)CC(=O)O[C@H](CO[Si](C)(C)C(C)(C)C)C[C@H](O[Si](c2ccccc2)(c2ccccc2)C(C)(C)C)CC#C1. The number of cyclic esters (lactones) is 1. The van der Waals surface area contributed by atoms with E-state index in [1.807, 2.05) is 39.0 Å². The molecule has 2 aromatic carbocycles. The first-order valence-electron chi connectivity index (χ1n) is 19.0. The van der Waals surface area contributed by atoms with E-state index in [-0.39, 0.29) is 41.2 Å². The van der Waals surface area contributed by atoms with Gasteiger partial charge in [0.1, 0.15) is 24.4 Å². The smallest absolute Gasteiger partial charge is 0.313 e. The molecule has 8 nitrogen and oxygen atoms in total. The molecule has 6 atom stereocenters. The third kappa shape index (κ3) is 9.68. The molecule has 5 rings (SSSR count). The second-order valence-electron chi connectivity index (χ2n) is 17.8. The van der Waals surface area contributed by atoms with Crippen molar-refractivity contribution >= 4 is 38.8 Å². The Morgan fingerprint density at radius 2 is 1.49 bits per heavy atom. The molecule has 3 aliphatic rings. The summed E-state index contributed by atoms with van der Waals surface area (Å²) in [6.45, 7) is 23.5. The highest BCUT2D eigenvalue weighted by atomic mass is 28.4. The summed E-state index contributed by atoms with van der Waals surface area (Å²) in [7, 11) is -5.25. The third-order valence-corrected chi connectivity index (χ3v) is 20.7. The Hall–Kier alpha value is -2.89. The van der Waals surface area contributed by atoms with Crippen LogP contribution in [0.2, 0.25) is 23.2 Å².